The van der Waals surface area contributed by atoms with Crippen molar-refractivity contribution in [2.24, 2.45) is 0 Å². The lowest BCUT2D eigenvalue weighted by Gasteiger charge is -2.07. The van der Waals surface area contributed by atoms with Crippen molar-refractivity contribution in [3.63, 3.8) is 0 Å². The fraction of sp³-hybridized carbons (Fsp3) is 0.381. The number of carbonyl (C=O) groups is 1. The second-order valence-electron chi connectivity index (χ2n) is 6.72. The van der Waals surface area contributed by atoms with E-state index in [-0.39, 0.29) is 5.91 Å². The summed E-state index contributed by atoms with van der Waals surface area (Å²) in [5.74, 6) is 0.107. The molecule has 27 heavy (non-hydrogen) atoms. The van der Waals surface area contributed by atoms with Gasteiger partial charge in [0, 0.05) is 18.7 Å². The first kappa shape index (κ1) is 21.0. The molecule has 0 saturated heterocycles. The molecule has 0 aromatic heterocycles. The molecule has 5 nitrogen and oxygen atoms in total. The van der Waals surface area contributed by atoms with Crippen molar-refractivity contribution in [1.29, 1.82) is 0 Å². The number of rotatable bonds is 11. The summed E-state index contributed by atoms with van der Waals surface area (Å²) in [4.78, 5) is 11.9. The maximum absolute atomic E-state index is 11.9. The van der Waals surface area contributed by atoms with Crippen LogP contribution in [-0.4, -0.2) is 27.1 Å². The van der Waals surface area contributed by atoms with E-state index in [0.717, 1.165) is 43.9 Å². The van der Waals surface area contributed by atoms with E-state index in [1.165, 1.54) is 5.56 Å². The normalized spacial score (nSPS) is 11.1. The largest absolute Gasteiger partial charge is 0.356 e. The van der Waals surface area contributed by atoms with Crippen molar-refractivity contribution in [3.8, 4) is 0 Å². The van der Waals surface area contributed by atoms with Gasteiger partial charge < -0.3 is 5.32 Å². The maximum Gasteiger partial charge on any atom is 0.229 e. The smallest absolute Gasteiger partial charge is 0.229 e. The number of anilines is 1. The summed E-state index contributed by atoms with van der Waals surface area (Å²) >= 11 is 0. The monoisotopic (exact) mass is 388 g/mol. The Morgan fingerprint density at radius 1 is 0.852 bits per heavy atom. The van der Waals surface area contributed by atoms with Gasteiger partial charge in [-0.25, -0.2) is 8.42 Å². The molecule has 2 aromatic rings. The average Bonchev–Trinajstić information content (AvgIpc) is 2.63. The number of nitrogens with one attached hydrogen (secondary N) is 2. The molecule has 0 aliphatic carbocycles. The van der Waals surface area contributed by atoms with Gasteiger partial charge in [-0.3, -0.25) is 9.52 Å². The Morgan fingerprint density at radius 3 is 2.15 bits per heavy atom. The van der Waals surface area contributed by atoms with E-state index in [0.29, 0.717) is 18.7 Å². The predicted molar refractivity (Wildman–Crippen MR) is 110 cm³/mol. The van der Waals surface area contributed by atoms with Gasteiger partial charge in [0.25, 0.3) is 0 Å². The number of amides is 1. The minimum absolute atomic E-state index is 0.107. The van der Waals surface area contributed by atoms with E-state index in [4.69, 9.17) is 0 Å². The molecule has 0 unspecified atom stereocenters. The first-order valence-electron chi connectivity index (χ1n) is 9.30. The SMILES string of the molecule is CS(=O)(=O)Nc1ccc(CCCNC(=O)CCCCc2ccccc2)cc1. The van der Waals surface area contributed by atoms with Gasteiger partial charge in [-0.15, -0.1) is 0 Å². The van der Waals surface area contributed by atoms with Crippen LogP contribution >= 0.6 is 0 Å². The topological polar surface area (TPSA) is 75.3 Å². The molecule has 2 rings (SSSR count). The van der Waals surface area contributed by atoms with Gasteiger partial charge in [0.05, 0.1) is 6.26 Å². The number of aryl methyl sites for hydroxylation is 2. The third-order valence-corrected chi connectivity index (χ3v) is 4.79. The van der Waals surface area contributed by atoms with Crippen LogP contribution in [0.4, 0.5) is 5.69 Å². The minimum Gasteiger partial charge on any atom is -0.356 e. The highest BCUT2D eigenvalue weighted by Gasteiger charge is 2.03. The summed E-state index contributed by atoms with van der Waals surface area (Å²) in [5, 5.41) is 2.96. The summed E-state index contributed by atoms with van der Waals surface area (Å²) in [6.45, 7) is 0.654. The average molecular weight is 389 g/mol. The van der Waals surface area contributed by atoms with Crippen molar-refractivity contribution in [3.05, 3.63) is 65.7 Å². The summed E-state index contributed by atoms with van der Waals surface area (Å²) < 4.78 is 24.8. The molecule has 6 heteroatoms. The van der Waals surface area contributed by atoms with Crippen LogP contribution in [0.25, 0.3) is 0 Å². The summed E-state index contributed by atoms with van der Waals surface area (Å²) in [6.07, 6.45) is 6.32. The van der Waals surface area contributed by atoms with Crippen molar-refractivity contribution < 1.29 is 13.2 Å². The van der Waals surface area contributed by atoms with Gasteiger partial charge in [-0.2, -0.15) is 0 Å². The number of benzene rings is 2. The quantitative estimate of drug-likeness (QED) is 0.578. The van der Waals surface area contributed by atoms with Crippen LogP contribution in [0.1, 0.15) is 36.8 Å². The van der Waals surface area contributed by atoms with Crippen LogP contribution in [0.3, 0.4) is 0 Å². The highest BCUT2D eigenvalue weighted by atomic mass is 32.2. The molecule has 0 bridgehead atoms. The molecule has 2 N–H and O–H groups in total. The van der Waals surface area contributed by atoms with Crippen LogP contribution < -0.4 is 10.0 Å². The number of hydrogen-bond donors (Lipinski definition) is 2. The van der Waals surface area contributed by atoms with E-state index in [1.807, 2.05) is 30.3 Å². The molecule has 0 spiro atoms. The second kappa shape index (κ2) is 10.7. The fourth-order valence-electron chi connectivity index (χ4n) is 2.82. The molecule has 1 amide bonds. The summed E-state index contributed by atoms with van der Waals surface area (Å²) in [7, 11) is -3.24. The number of carbonyl (C=O) groups excluding carboxylic acids is 1. The Balaban J connectivity index is 1.56. The molecule has 0 fully saturated rings. The molecule has 2 aromatic carbocycles. The molecule has 0 aliphatic heterocycles. The van der Waals surface area contributed by atoms with Gasteiger partial charge in [0.15, 0.2) is 0 Å². The molecule has 0 heterocycles. The molecule has 0 atom stereocenters. The van der Waals surface area contributed by atoms with Crippen LogP contribution in [0.5, 0.6) is 0 Å². The Kier molecular flexibility index (Phi) is 8.33. The van der Waals surface area contributed by atoms with Gasteiger partial charge >= 0.3 is 0 Å². The van der Waals surface area contributed by atoms with Crippen LogP contribution in [0, 0.1) is 0 Å². The summed E-state index contributed by atoms with van der Waals surface area (Å²) in [5.41, 5.74) is 2.99. The van der Waals surface area contributed by atoms with Crippen molar-refractivity contribution >= 4 is 21.6 Å². The van der Waals surface area contributed by atoms with Crippen molar-refractivity contribution in [2.45, 2.75) is 38.5 Å². The van der Waals surface area contributed by atoms with E-state index >= 15 is 0 Å². The van der Waals surface area contributed by atoms with E-state index < -0.39 is 10.0 Å². The van der Waals surface area contributed by atoms with Crippen LogP contribution in [0.15, 0.2) is 54.6 Å². The lowest BCUT2D eigenvalue weighted by Crippen LogP contribution is -2.24. The Morgan fingerprint density at radius 2 is 1.48 bits per heavy atom. The van der Waals surface area contributed by atoms with Crippen LogP contribution in [0.2, 0.25) is 0 Å². The van der Waals surface area contributed by atoms with Crippen LogP contribution in [-0.2, 0) is 27.7 Å². The third kappa shape index (κ3) is 9.24. The van der Waals surface area contributed by atoms with Crippen molar-refractivity contribution in [2.75, 3.05) is 17.5 Å². The third-order valence-electron chi connectivity index (χ3n) is 4.18. The molecule has 0 saturated carbocycles. The minimum atomic E-state index is -3.24. The first-order chi connectivity index (χ1) is 12.9. The zero-order chi connectivity index (χ0) is 19.5. The lowest BCUT2D eigenvalue weighted by atomic mass is 10.1. The summed E-state index contributed by atoms with van der Waals surface area (Å²) in [6, 6.07) is 17.6. The number of sulfonamides is 1. The Hall–Kier alpha value is -2.34. The fourth-order valence-corrected chi connectivity index (χ4v) is 3.39. The molecular weight excluding hydrogens is 360 g/mol. The Bertz CT molecular complexity index is 803. The van der Waals surface area contributed by atoms with E-state index in [2.05, 4.69) is 22.2 Å². The zero-order valence-electron chi connectivity index (χ0n) is 15.8. The highest BCUT2D eigenvalue weighted by molar-refractivity contribution is 7.92. The number of unbranched alkanes of at least 4 members (excludes halogenated alkanes) is 1. The standard InChI is InChI=1S/C21H28N2O3S/c1-27(25,26)23-20-15-13-19(14-16-20)11-7-17-22-21(24)12-6-5-10-18-8-3-2-4-9-18/h2-4,8-9,13-16,23H,5-7,10-12,17H2,1H3,(H,22,24). The van der Waals surface area contributed by atoms with Gasteiger partial charge in [0.2, 0.25) is 15.9 Å². The van der Waals surface area contributed by atoms with Gasteiger partial charge in [-0.05, 0) is 55.4 Å². The van der Waals surface area contributed by atoms with Crippen molar-refractivity contribution in [1.82, 2.24) is 5.32 Å². The second-order valence-corrected chi connectivity index (χ2v) is 8.47. The molecule has 146 valence electrons. The molecule has 0 radical (unpaired) electrons. The lowest BCUT2D eigenvalue weighted by molar-refractivity contribution is -0.121. The predicted octanol–water partition coefficient (Wildman–Crippen LogP) is 3.52. The Labute approximate surface area is 162 Å². The first-order valence-corrected chi connectivity index (χ1v) is 11.2. The highest BCUT2D eigenvalue weighted by Crippen LogP contribution is 2.12. The molecular formula is C21H28N2O3S. The number of hydrogen-bond acceptors (Lipinski definition) is 3. The zero-order valence-corrected chi connectivity index (χ0v) is 16.6. The maximum atomic E-state index is 11.9. The molecule has 0 aliphatic rings. The van der Waals surface area contributed by atoms with E-state index in [9.17, 15) is 13.2 Å². The van der Waals surface area contributed by atoms with E-state index in [1.54, 1.807) is 12.1 Å². The van der Waals surface area contributed by atoms with Gasteiger partial charge in [0.1, 0.15) is 0 Å². The van der Waals surface area contributed by atoms with Gasteiger partial charge in [-0.1, -0.05) is 42.5 Å².